The summed E-state index contributed by atoms with van der Waals surface area (Å²) in [4.78, 5) is 7.22. The van der Waals surface area contributed by atoms with Crippen molar-refractivity contribution in [2.24, 2.45) is 5.92 Å². The summed E-state index contributed by atoms with van der Waals surface area (Å²) in [6.45, 7) is 4.23. The van der Waals surface area contributed by atoms with Crippen molar-refractivity contribution < 1.29 is 9.84 Å². The van der Waals surface area contributed by atoms with E-state index in [-0.39, 0.29) is 11.5 Å². The number of aryl methyl sites for hydroxylation is 1. The Labute approximate surface area is 200 Å². The number of aliphatic hydroxyl groups is 1. The van der Waals surface area contributed by atoms with Crippen LogP contribution < -0.4 is 4.74 Å². The predicted octanol–water partition coefficient (Wildman–Crippen LogP) is 3.39. The van der Waals surface area contributed by atoms with Gasteiger partial charge in [0.2, 0.25) is 0 Å². The number of benzene rings is 1. The van der Waals surface area contributed by atoms with Gasteiger partial charge in [-0.1, -0.05) is 12.1 Å². The number of piperidine rings is 1. The highest BCUT2D eigenvalue weighted by Gasteiger charge is 2.65. The highest BCUT2D eigenvalue weighted by molar-refractivity contribution is 5.53. The fourth-order valence-electron chi connectivity index (χ4n) is 7.22. The van der Waals surface area contributed by atoms with Crippen LogP contribution in [-0.2, 0) is 24.7 Å². The molecule has 1 aromatic carbocycles. The number of hydrogen-bond acceptors (Lipinski definition) is 5. The molecule has 4 aliphatic rings. The van der Waals surface area contributed by atoms with Crippen LogP contribution in [-0.4, -0.2) is 56.6 Å². The topological polar surface area (TPSA) is 63.4 Å². The van der Waals surface area contributed by atoms with E-state index in [1.807, 2.05) is 29.1 Å². The van der Waals surface area contributed by atoms with Crippen molar-refractivity contribution in [1.29, 1.82) is 0 Å². The first-order valence-electron chi connectivity index (χ1n) is 12.6. The molecule has 34 heavy (non-hydrogen) atoms. The van der Waals surface area contributed by atoms with Crippen molar-refractivity contribution in [1.82, 2.24) is 19.7 Å². The van der Waals surface area contributed by atoms with Gasteiger partial charge < -0.3 is 9.84 Å². The molecule has 0 unspecified atom stereocenters. The lowest BCUT2D eigenvalue weighted by Crippen LogP contribution is -2.74. The molecule has 1 N–H and O–H groups in total. The van der Waals surface area contributed by atoms with Crippen molar-refractivity contribution in [3.05, 3.63) is 70.7 Å². The van der Waals surface area contributed by atoms with Gasteiger partial charge in [0, 0.05) is 37.0 Å². The molecule has 2 fully saturated rings. The molecule has 0 radical (unpaired) electrons. The smallest absolute Gasteiger partial charge is 0.153 e. The second-order valence-electron chi connectivity index (χ2n) is 10.9. The van der Waals surface area contributed by atoms with Crippen molar-refractivity contribution >= 4 is 0 Å². The lowest BCUT2D eigenvalue weighted by molar-refractivity contribution is -0.152. The van der Waals surface area contributed by atoms with Crippen LogP contribution in [0.5, 0.6) is 5.75 Å². The zero-order valence-corrected chi connectivity index (χ0v) is 20.0. The molecule has 176 valence electrons. The van der Waals surface area contributed by atoms with E-state index >= 15 is 0 Å². The first-order valence-corrected chi connectivity index (χ1v) is 12.6. The number of fused-ring (bicyclic) bond motifs is 2. The van der Waals surface area contributed by atoms with Crippen molar-refractivity contribution in [2.45, 2.75) is 62.5 Å². The fourth-order valence-corrected chi connectivity index (χ4v) is 7.22. The Hall–Kier alpha value is -2.70. The van der Waals surface area contributed by atoms with Gasteiger partial charge in [-0.2, -0.15) is 5.10 Å². The van der Waals surface area contributed by atoms with Gasteiger partial charge >= 0.3 is 0 Å². The lowest BCUT2D eigenvalue weighted by atomic mass is 9.49. The Morgan fingerprint density at radius 1 is 1.18 bits per heavy atom. The third-order valence-corrected chi connectivity index (χ3v) is 9.15. The van der Waals surface area contributed by atoms with E-state index in [0.29, 0.717) is 6.42 Å². The van der Waals surface area contributed by atoms with E-state index in [0.717, 1.165) is 55.5 Å². The summed E-state index contributed by atoms with van der Waals surface area (Å²) >= 11 is 0. The van der Waals surface area contributed by atoms with E-state index in [2.05, 4.69) is 35.0 Å². The molecule has 7 rings (SSSR count). The Balaban J connectivity index is 1.43. The van der Waals surface area contributed by atoms with Gasteiger partial charge in [-0.15, -0.1) is 0 Å². The van der Waals surface area contributed by atoms with E-state index in [4.69, 9.17) is 9.84 Å². The summed E-state index contributed by atoms with van der Waals surface area (Å²) < 4.78 is 7.68. The Bertz CT molecular complexity index is 1270. The second kappa shape index (κ2) is 7.15. The lowest BCUT2D eigenvalue weighted by Gasteiger charge is -2.63. The van der Waals surface area contributed by atoms with Gasteiger partial charge in [0.25, 0.3) is 0 Å². The van der Waals surface area contributed by atoms with Crippen LogP contribution in [0.3, 0.4) is 0 Å². The number of likely N-dealkylation sites (tertiary alicyclic amines) is 1. The summed E-state index contributed by atoms with van der Waals surface area (Å²) in [5.41, 5.74) is 4.86. The number of ether oxygens (including phenoxy) is 1. The van der Waals surface area contributed by atoms with Crippen LogP contribution >= 0.6 is 0 Å². The standard InChI is InChI=1S/C28H32N4O2/c1-18-22-15-28(33)25-13-20-8-9-21(34-2)14-23(20)27(28,10-12-31(25)17-19-6-7-19)16-24(22)32(30-18)26-5-3-4-11-29-26/h3-5,8-9,11,14,19,25,33H,6-7,10,12-13,15-17H2,1-2H3/t25-,27-,28-/m1/s1. The van der Waals surface area contributed by atoms with Crippen molar-refractivity contribution in [3.8, 4) is 11.6 Å². The van der Waals surface area contributed by atoms with E-state index < -0.39 is 5.60 Å². The predicted molar refractivity (Wildman–Crippen MR) is 130 cm³/mol. The molecular weight excluding hydrogens is 424 g/mol. The average Bonchev–Trinajstić information content (AvgIpc) is 3.62. The largest absolute Gasteiger partial charge is 0.497 e. The monoisotopic (exact) mass is 456 g/mol. The molecule has 1 saturated carbocycles. The molecule has 0 spiro atoms. The molecule has 6 heteroatoms. The molecule has 2 bridgehead atoms. The van der Waals surface area contributed by atoms with E-state index in [1.165, 1.54) is 35.2 Å². The van der Waals surface area contributed by atoms with Crippen LogP contribution in [0.1, 0.15) is 47.3 Å². The molecule has 6 nitrogen and oxygen atoms in total. The normalized spacial score (nSPS) is 29.8. The maximum atomic E-state index is 12.8. The van der Waals surface area contributed by atoms with Crippen molar-refractivity contribution in [3.63, 3.8) is 0 Å². The van der Waals surface area contributed by atoms with Gasteiger partial charge in [-0.05, 0) is 86.0 Å². The maximum Gasteiger partial charge on any atom is 0.153 e. The molecule has 3 heterocycles. The first kappa shape index (κ1) is 20.7. The average molecular weight is 457 g/mol. The molecule has 0 amide bonds. The highest BCUT2D eigenvalue weighted by Crippen LogP contribution is 2.58. The summed E-state index contributed by atoms with van der Waals surface area (Å²) in [5.74, 6) is 2.52. The number of methoxy groups -OCH3 is 1. The van der Waals surface area contributed by atoms with Gasteiger partial charge in [-0.25, -0.2) is 9.67 Å². The zero-order chi connectivity index (χ0) is 23.1. The summed E-state index contributed by atoms with van der Waals surface area (Å²) in [6, 6.07) is 12.6. The number of aromatic nitrogens is 3. The number of nitrogens with zero attached hydrogens (tertiary/aromatic N) is 4. The van der Waals surface area contributed by atoms with Gasteiger partial charge in [0.15, 0.2) is 5.82 Å². The van der Waals surface area contributed by atoms with Crippen molar-refractivity contribution in [2.75, 3.05) is 20.2 Å². The molecule has 2 aromatic heterocycles. The van der Waals surface area contributed by atoms with Crippen LogP contribution in [0, 0.1) is 12.8 Å². The van der Waals surface area contributed by atoms with E-state index in [1.54, 1.807) is 7.11 Å². The minimum atomic E-state index is -0.824. The van der Waals surface area contributed by atoms with Gasteiger partial charge in [0.05, 0.1) is 24.1 Å². The minimum Gasteiger partial charge on any atom is -0.497 e. The third-order valence-electron chi connectivity index (χ3n) is 9.15. The molecule has 1 aliphatic heterocycles. The Morgan fingerprint density at radius 3 is 2.82 bits per heavy atom. The number of pyridine rings is 1. The summed E-state index contributed by atoms with van der Waals surface area (Å²) in [5, 5.41) is 17.7. The highest BCUT2D eigenvalue weighted by atomic mass is 16.5. The maximum absolute atomic E-state index is 12.8. The van der Waals surface area contributed by atoms with Gasteiger partial charge in [-0.3, -0.25) is 4.90 Å². The molecule has 3 aromatic rings. The van der Waals surface area contributed by atoms with Crippen LogP contribution in [0.4, 0.5) is 0 Å². The van der Waals surface area contributed by atoms with Crippen LogP contribution in [0.25, 0.3) is 5.82 Å². The zero-order valence-electron chi connectivity index (χ0n) is 20.0. The first-order chi connectivity index (χ1) is 16.5. The SMILES string of the molecule is COc1ccc2c(c1)[C@]13CCN(CC4CC4)[C@H](C2)[C@]1(O)Cc1c(C)nn(-c2ccccn2)c1C3. The third kappa shape index (κ3) is 2.75. The van der Waals surface area contributed by atoms with E-state index in [9.17, 15) is 5.11 Å². The summed E-state index contributed by atoms with van der Waals surface area (Å²) in [7, 11) is 1.73. The Kier molecular flexibility index (Phi) is 4.35. The molecule has 3 atom stereocenters. The second-order valence-corrected chi connectivity index (χ2v) is 10.9. The van der Waals surface area contributed by atoms with Gasteiger partial charge in [0.1, 0.15) is 5.75 Å². The van der Waals surface area contributed by atoms with Crippen LogP contribution in [0.2, 0.25) is 0 Å². The molecule has 1 saturated heterocycles. The minimum absolute atomic E-state index is 0.133. The fraction of sp³-hybridized carbons (Fsp3) is 0.500. The molecular formula is C28H32N4O2. The number of hydrogen-bond donors (Lipinski definition) is 1. The Morgan fingerprint density at radius 2 is 2.06 bits per heavy atom. The quantitative estimate of drug-likeness (QED) is 0.652. The number of rotatable bonds is 4. The summed E-state index contributed by atoms with van der Waals surface area (Å²) in [6.07, 6.45) is 7.74. The van der Waals surface area contributed by atoms with Crippen LogP contribution in [0.15, 0.2) is 42.6 Å². The molecule has 3 aliphatic carbocycles.